The van der Waals surface area contributed by atoms with Gasteiger partial charge < -0.3 is 0 Å². The van der Waals surface area contributed by atoms with Gasteiger partial charge in [0.2, 0.25) is 10.0 Å². The van der Waals surface area contributed by atoms with Crippen molar-refractivity contribution in [1.29, 1.82) is 0 Å². The van der Waals surface area contributed by atoms with E-state index in [4.69, 9.17) is 0 Å². The molecule has 2 heterocycles. The molecule has 0 aliphatic heterocycles. The summed E-state index contributed by atoms with van der Waals surface area (Å²) in [4.78, 5) is 12.2. The highest BCUT2D eigenvalue weighted by Crippen LogP contribution is 2.18. The molecule has 0 saturated heterocycles. The number of aryl methyl sites for hydroxylation is 4. The van der Waals surface area contributed by atoms with Crippen molar-refractivity contribution < 1.29 is 8.42 Å². The van der Waals surface area contributed by atoms with Crippen LogP contribution in [-0.4, -0.2) is 34.5 Å². The number of nitrogens with zero attached hydrogens (tertiary/aromatic N) is 4. The van der Waals surface area contributed by atoms with Gasteiger partial charge in [-0.3, -0.25) is 9.48 Å². The van der Waals surface area contributed by atoms with Gasteiger partial charge in [0.1, 0.15) is 4.90 Å². The van der Waals surface area contributed by atoms with Crippen molar-refractivity contribution in [2.24, 2.45) is 7.05 Å². The fraction of sp³-hybridized carbons (Fsp3) is 0.533. The number of hydrogen-bond acceptors (Lipinski definition) is 5. The first-order valence-corrected chi connectivity index (χ1v) is 9.37. The van der Waals surface area contributed by atoms with Crippen LogP contribution in [0.5, 0.6) is 0 Å². The van der Waals surface area contributed by atoms with Gasteiger partial charge in [-0.25, -0.2) is 17.8 Å². The topological polar surface area (TPSA) is 98.9 Å². The van der Waals surface area contributed by atoms with E-state index in [1.54, 1.807) is 27.0 Å². The number of aromatic nitrogens is 4. The van der Waals surface area contributed by atoms with Crippen LogP contribution in [0, 0.1) is 13.8 Å². The third kappa shape index (κ3) is 3.01. The zero-order valence-corrected chi connectivity index (χ0v) is 14.9. The zero-order chi connectivity index (χ0) is 17.5. The van der Waals surface area contributed by atoms with E-state index in [0.717, 1.165) is 30.5 Å². The lowest BCUT2D eigenvalue weighted by Crippen LogP contribution is -2.33. The van der Waals surface area contributed by atoms with Crippen LogP contribution < -0.4 is 10.3 Å². The van der Waals surface area contributed by atoms with Crippen LogP contribution in [0.4, 0.5) is 0 Å². The molecule has 3 rings (SSSR count). The fourth-order valence-electron chi connectivity index (χ4n) is 3.10. The molecule has 0 atom stereocenters. The molecular formula is C15H21N5O3S. The molecule has 0 fully saturated rings. The van der Waals surface area contributed by atoms with Gasteiger partial charge in [-0.2, -0.15) is 10.2 Å². The molecule has 0 saturated carbocycles. The Hall–Kier alpha value is -2.00. The Morgan fingerprint density at radius 3 is 2.67 bits per heavy atom. The molecule has 0 bridgehead atoms. The van der Waals surface area contributed by atoms with Crippen molar-refractivity contribution in [2.75, 3.05) is 6.54 Å². The first-order chi connectivity index (χ1) is 11.3. The molecule has 0 spiro atoms. The quantitative estimate of drug-likeness (QED) is 0.821. The summed E-state index contributed by atoms with van der Waals surface area (Å²) in [6.07, 6.45) is 2.78. The van der Waals surface area contributed by atoms with Crippen molar-refractivity contribution in [3.63, 3.8) is 0 Å². The van der Waals surface area contributed by atoms with E-state index < -0.39 is 10.0 Å². The molecular weight excluding hydrogens is 330 g/mol. The zero-order valence-electron chi connectivity index (χ0n) is 14.0. The second-order valence-corrected chi connectivity index (χ2v) is 7.76. The van der Waals surface area contributed by atoms with Crippen LogP contribution in [-0.2, 0) is 36.5 Å². The Labute approximate surface area is 140 Å². The summed E-state index contributed by atoms with van der Waals surface area (Å²) in [6.45, 7) is 3.67. The van der Waals surface area contributed by atoms with Crippen LogP contribution >= 0.6 is 0 Å². The molecule has 2 aromatic rings. The van der Waals surface area contributed by atoms with Crippen molar-refractivity contribution in [2.45, 2.75) is 44.6 Å². The van der Waals surface area contributed by atoms with Crippen LogP contribution in [0.1, 0.15) is 29.1 Å². The number of hydrogen-bond donors (Lipinski definition) is 1. The van der Waals surface area contributed by atoms with Crippen LogP contribution in [0.3, 0.4) is 0 Å². The minimum absolute atomic E-state index is 0.0990. The van der Waals surface area contributed by atoms with Crippen molar-refractivity contribution in [1.82, 2.24) is 24.3 Å². The second kappa shape index (κ2) is 6.14. The number of nitrogens with one attached hydrogen (secondary N) is 1. The molecule has 130 valence electrons. The second-order valence-electron chi connectivity index (χ2n) is 6.05. The largest absolute Gasteiger partial charge is 0.271 e. The molecule has 24 heavy (non-hydrogen) atoms. The molecule has 9 heteroatoms. The Kier molecular flexibility index (Phi) is 4.31. The van der Waals surface area contributed by atoms with E-state index in [1.807, 2.05) is 0 Å². The van der Waals surface area contributed by atoms with Gasteiger partial charge in [-0.1, -0.05) is 0 Å². The smallest absolute Gasteiger partial charge is 0.267 e. The van der Waals surface area contributed by atoms with E-state index in [0.29, 0.717) is 11.4 Å². The maximum absolute atomic E-state index is 12.5. The van der Waals surface area contributed by atoms with Crippen molar-refractivity contribution in [3.8, 4) is 0 Å². The molecule has 0 amide bonds. The summed E-state index contributed by atoms with van der Waals surface area (Å²) in [7, 11) is -1.97. The van der Waals surface area contributed by atoms with Gasteiger partial charge in [-0.05, 0) is 38.7 Å². The van der Waals surface area contributed by atoms with E-state index in [9.17, 15) is 13.2 Å². The fourth-order valence-corrected chi connectivity index (χ4v) is 4.56. The van der Waals surface area contributed by atoms with E-state index >= 15 is 0 Å². The summed E-state index contributed by atoms with van der Waals surface area (Å²) in [5, 5.41) is 8.46. The first kappa shape index (κ1) is 16.8. The summed E-state index contributed by atoms with van der Waals surface area (Å²) in [6, 6.07) is 1.61. The summed E-state index contributed by atoms with van der Waals surface area (Å²) in [5.74, 6) is 0. The van der Waals surface area contributed by atoms with E-state index in [1.165, 1.54) is 9.36 Å². The molecule has 1 aliphatic rings. The number of rotatable bonds is 5. The SMILES string of the molecule is Cc1nn(C)c(C)c1S(=O)(=O)NCCn1nc2c(cc1=O)CCC2. The minimum atomic E-state index is -3.67. The molecule has 0 unspecified atom stereocenters. The lowest BCUT2D eigenvalue weighted by Gasteiger charge is -2.09. The average Bonchev–Trinajstić information content (AvgIpc) is 3.03. The highest BCUT2D eigenvalue weighted by Gasteiger charge is 2.23. The summed E-state index contributed by atoms with van der Waals surface area (Å²) >= 11 is 0. The predicted molar refractivity (Wildman–Crippen MR) is 88.4 cm³/mol. The van der Waals surface area contributed by atoms with Gasteiger partial charge in [0.05, 0.1) is 23.6 Å². The third-order valence-corrected chi connectivity index (χ3v) is 6.06. The Morgan fingerprint density at radius 1 is 1.25 bits per heavy atom. The predicted octanol–water partition coefficient (Wildman–Crippen LogP) is 0.0608. The minimum Gasteiger partial charge on any atom is -0.271 e. The summed E-state index contributed by atoms with van der Waals surface area (Å²) in [5.41, 5.74) is 2.79. The van der Waals surface area contributed by atoms with Crippen molar-refractivity contribution >= 4 is 10.0 Å². The van der Waals surface area contributed by atoms with Crippen LogP contribution in [0.25, 0.3) is 0 Å². The van der Waals surface area contributed by atoms with Crippen LogP contribution in [0.2, 0.25) is 0 Å². The lowest BCUT2D eigenvalue weighted by molar-refractivity contribution is 0.541. The standard InChI is InChI=1S/C15H21N5O3S/c1-10-15(11(2)19(3)17-10)24(22,23)16-7-8-20-14(21)9-12-5-4-6-13(12)18-20/h9,16H,4-8H2,1-3H3. The monoisotopic (exact) mass is 351 g/mol. The number of fused-ring (bicyclic) bond motifs is 1. The van der Waals surface area contributed by atoms with E-state index in [-0.39, 0.29) is 23.5 Å². The van der Waals surface area contributed by atoms with Gasteiger partial charge >= 0.3 is 0 Å². The summed E-state index contributed by atoms with van der Waals surface area (Å²) < 4.78 is 30.4. The first-order valence-electron chi connectivity index (χ1n) is 7.89. The van der Waals surface area contributed by atoms with Crippen molar-refractivity contribution in [3.05, 3.63) is 39.1 Å². The van der Waals surface area contributed by atoms with Gasteiger partial charge in [0.15, 0.2) is 0 Å². The van der Waals surface area contributed by atoms with Crippen LogP contribution in [0.15, 0.2) is 15.8 Å². The van der Waals surface area contributed by atoms with Gasteiger partial charge in [0.25, 0.3) is 5.56 Å². The maximum atomic E-state index is 12.5. The Morgan fingerprint density at radius 2 is 2.00 bits per heavy atom. The van der Waals surface area contributed by atoms with E-state index in [2.05, 4.69) is 14.9 Å². The third-order valence-electron chi connectivity index (χ3n) is 4.35. The van der Waals surface area contributed by atoms with Gasteiger partial charge in [0, 0.05) is 19.7 Å². The molecule has 2 aromatic heterocycles. The molecule has 8 nitrogen and oxygen atoms in total. The highest BCUT2D eigenvalue weighted by atomic mass is 32.2. The normalized spacial score (nSPS) is 14.1. The lowest BCUT2D eigenvalue weighted by atomic mass is 10.2. The molecule has 0 radical (unpaired) electrons. The Bertz CT molecular complexity index is 943. The highest BCUT2D eigenvalue weighted by molar-refractivity contribution is 7.89. The molecule has 1 N–H and O–H groups in total. The maximum Gasteiger partial charge on any atom is 0.267 e. The molecule has 0 aromatic carbocycles. The Balaban J connectivity index is 1.74. The van der Waals surface area contributed by atoms with Gasteiger partial charge in [-0.15, -0.1) is 0 Å². The molecule has 1 aliphatic carbocycles. The number of sulfonamides is 1. The average molecular weight is 351 g/mol.